The quantitative estimate of drug-likeness (QED) is 0.697. The molecule has 0 aliphatic carbocycles. The van der Waals surface area contributed by atoms with Crippen LogP contribution in [0.4, 0.5) is 8.78 Å². The van der Waals surface area contributed by atoms with Crippen molar-refractivity contribution in [3.05, 3.63) is 77.4 Å². The topological polar surface area (TPSA) is 55.8 Å². The summed E-state index contributed by atoms with van der Waals surface area (Å²) < 4.78 is 36.8. The van der Waals surface area contributed by atoms with E-state index < -0.39 is 23.7 Å². The number of halogens is 2. The predicted octanol–water partition coefficient (Wildman–Crippen LogP) is 3.98. The summed E-state index contributed by atoms with van der Waals surface area (Å²) in [5, 5.41) is 9.10. The number of aliphatic carboxylic acids is 1. The standard InChI is InChI=1S/C22H20F2O4/c1-2-27-21(22(25)26)14-16-7-9-20(10-8-16)28-11-5-3-4-6-17-12-18(23)15-19(24)13-17/h3,5,7-10,12-13,15,21H,2,11,14H2,1H3,(H,25,26)/t21-/m0/s1. The second-order valence-electron chi connectivity index (χ2n) is 5.77. The highest BCUT2D eigenvalue weighted by Gasteiger charge is 2.17. The lowest BCUT2D eigenvalue weighted by Crippen LogP contribution is -2.26. The fraction of sp³-hybridized carbons (Fsp3) is 0.227. The molecule has 0 saturated carbocycles. The second kappa shape index (κ2) is 10.9. The van der Waals surface area contributed by atoms with Crippen LogP contribution in [-0.4, -0.2) is 30.4 Å². The lowest BCUT2D eigenvalue weighted by atomic mass is 10.1. The Balaban J connectivity index is 1.82. The molecule has 0 heterocycles. The summed E-state index contributed by atoms with van der Waals surface area (Å²) in [6.45, 7) is 2.35. The Morgan fingerprint density at radius 2 is 1.86 bits per heavy atom. The van der Waals surface area contributed by atoms with Gasteiger partial charge in [-0.1, -0.05) is 24.0 Å². The molecule has 0 saturated heterocycles. The molecule has 0 aliphatic heterocycles. The van der Waals surface area contributed by atoms with E-state index in [0.717, 1.165) is 23.8 Å². The molecule has 2 aromatic rings. The van der Waals surface area contributed by atoms with Gasteiger partial charge in [-0.15, -0.1) is 0 Å². The first-order chi connectivity index (χ1) is 13.5. The molecule has 0 fully saturated rings. The summed E-state index contributed by atoms with van der Waals surface area (Å²) in [6.07, 6.45) is 2.62. The van der Waals surface area contributed by atoms with Crippen molar-refractivity contribution >= 4 is 5.97 Å². The molecule has 0 amide bonds. The Kier molecular flexibility index (Phi) is 8.19. The van der Waals surface area contributed by atoms with E-state index >= 15 is 0 Å². The second-order valence-corrected chi connectivity index (χ2v) is 5.77. The van der Waals surface area contributed by atoms with Crippen molar-refractivity contribution in [1.29, 1.82) is 0 Å². The molecule has 4 nitrogen and oxygen atoms in total. The Bertz CT molecular complexity index is 859. The van der Waals surface area contributed by atoms with Gasteiger partial charge in [-0.2, -0.15) is 0 Å². The van der Waals surface area contributed by atoms with Crippen molar-refractivity contribution in [1.82, 2.24) is 0 Å². The minimum Gasteiger partial charge on any atom is -0.490 e. The fourth-order valence-electron chi connectivity index (χ4n) is 2.36. The molecule has 6 heteroatoms. The van der Waals surface area contributed by atoms with Crippen LogP contribution in [0.25, 0.3) is 0 Å². The number of hydrogen-bond donors (Lipinski definition) is 1. The zero-order chi connectivity index (χ0) is 20.4. The molecule has 2 rings (SSSR count). The monoisotopic (exact) mass is 386 g/mol. The maximum Gasteiger partial charge on any atom is 0.333 e. The fourth-order valence-corrected chi connectivity index (χ4v) is 2.36. The van der Waals surface area contributed by atoms with Gasteiger partial charge < -0.3 is 14.6 Å². The summed E-state index contributed by atoms with van der Waals surface area (Å²) in [6, 6.07) is 10.2. The van der Waals surface area contributed by atoms with Gasteiger partial charge in [0.1, 0.15) is 24.0 Å². The number of carboxylic acids is 1. The lowest BCUT2D eigenvalue weighted by molar-refractivity contribution is -0.149. The first-order valence-corrected chi connectivity index (χ1v) is 8.66. The van der Waals surface area contributed by atoms with E-state index in [9.17, 15) is 13.6 Å². The summed E-state index contributed by atoms with van der Waals surface area (Å²) in [5.41, 5.74) is 1.09. The highest BCUT2D eigenvalue weighted by Crippen LogP contribution is 2.14. The van der Waals surface area contributed by atoms with Crippen molar-refractivity contribution in [3.8, 4) is 17.6 Å². The molecule has 28 heavy (non-hydrogen) atoms. The van der Waals surface area contributed by atoms with E-state index in [2.05, 4.69) is 11.8 Å². The number of allylic oxidation sites excluding steroid dienone is 1. The third kappa shape index (κ3) is 7.22. The van der Waals surface area contributed by atoms with Gasteiger partial charge in [-0.25, -0.2) is 13.6 Å². The van der Waals surface area contributed by atoms with Crippen LogP contribution in [0, 0.1) is 23.5 Å². The summed E-state index contributed by atoms with van der Waals surface area (Å²) in [4.78, 5) is 11.1. The predicted molar refractivity (Wildman–Crippen MR) is 101 cm³/mol. The van der Waals surface area contributed by atoms with Crippen LogP contribution in [0.2, 0.25) is 0 Å². The largest absolute Gasteiger partial charge is 0.490 e. The zero-order valence-electron chi connectivity index (χ0n) is 15.3. The van der Waals surface area contributed by atoms with Crippen LogP contribution in [0.15, 0.2) is 54.6 Å². The number of carbonyl (C=O) groups is 1. The SMILES string of the molecule is CCO[C@@H](Cc1ccc(OCC=CC#Cc2cc(F)cc(F)c2)cc1)C(=O)O. The molecular weight excluding hydrogens is 366 g/mol. The van der Waals surface area contributed by atoms with E-state index in [1.807, 2.05) is 0 Å². The molecule has 1 atom stereocenters. The van der Waals surface area contributed by atoms with E-state index in [1.54, 1.807) is 37.3 Å². The number of benzene rings is 2. The summed E-state index contributed by atoms with van der Waals surface area (Å²) in [7, 11) is 0. The van der Waals surface area contributed by atoms with Gasteiger partial charge in [0, 0.05) is 24.7 Å². The minimum atomic E-state index is -0.991. The van der Waals surface area contributed by atoms with Gasteiger partial charge in [-0.05, 0) is 48.9 Å². The molecule has 2 aromatic carbocycles. The Morgan fingerprint density at radius 3 is 2.46 bits per heavy atom. The van der Waals surface area contributed by atoms with E-state index in [-0.39, 0.29) is 18.6 Å². The first-order valence-electron chi connectivity index (χ1n) is 8.66. The van der Waals surface area contributed by atoms with Crippen LogP contribution in [0.3, 0.4) is 0 Å². The summed E-state index contributed by atoms with van der Waals surface area (Å²) >= 11 is 0. The van der Waals surface area contributed by atoms with Crippen molar-refractivity contribution in [2.24, 2.45) is 0 Å². The van der Waals surface area contributed by atoms with Crippen molar-refractivity contribution in [3.63, 3.8) is 0 Å². The molecule has 0 bridgehead atoms. The van der Waals surface area contributed by atoms with Gasteiger partial charge in [-0.3, -0.25) is 0 Å². The molecule has 0 unspecified atom stereocenters. The first kappa shape index (κ1) is 21.1. The van der Waals surface area contributed by atoms with Crippen molar-refractivity contribution < 1.29 is 28.2 Å². The third-order valence-electron chi connectivity index (χ3n) is 3.61. The molecule has 0 radical (unpaired) electrons. The molecule has 1 N–H and O–H groups in total. The van der Waals surface area contributed by atoms with Gasteiger partial charge in [0.2, 0.25) is 0 Å². The van der Waals surface area contributed by atoms with Gasteiger partial charge >= 0.3 is 5.97 Å². The van der Waals surface area contributed by atoms with Crippen molar-refractivity contribution in [2.75, 3.05) is 13.2 Å². The normalized spacial score (nSPS) is 11.7. The van der Waals surface area contributed by atoms with E-state index in [1.165, 1.54) is 6.08 Å². The molecule has 0 spiro atoms. The van der Waals surface area contributed by atoms with Crippen LogP contribution in [0.5, 0.6) is 5.75 Å². The Hall–Kier alpha value is -3.17. The molecule has 0 aliphatic rings. The van der Waals surface area contributed by atoms with Crippen LogP contribution in [-0.2, 0) is 16.0 Å². The smallest absolute Gasteiger partial charge is 0.333 e. The van der Waals surface area contributed by atoms with Gasteiger partial charge in [0.15, 0.2) is 6.10 Å². The number of carboxylic acid groups (broad SMARTS) is 1. The van der Waals surface area contributed by atoms with E-state index in [0.29, 0.717) is 12.4 Å². The average molecular weight is 386 g/mol. The highest BCUT2D eigenvalue weighted by atomic mass is 19.1. The maximum atomic E-state index is 13.0. The number of hydrogen-bond acceptors (Lipinski definition) is 3. The average Bonchev–Trinajstić information content (AvgIpc) is 2.64. The minimum absolute atomic E-state index is 0.255. The zero-order valence-corrected chi connectivity index (χ0v) is 15.3. The van der Waals surface area contributed by atoms with Gasteiger partial charge in [0.25, 0.3) is 0 Å². The Morgan fingerprint density at radius 1 is 1.18 bits per heavy atom. The molecule has 146 valence electrons. The third-order valence-corrected chi connectivity index (χ3v) is 3.61. The van der Waals surface area contributed by atoms with Crippen LogP contribution < -0.4 is 4.74 Å². The summed E-state index contributed by atoms with van der Waals surface area (Å²) in [5.74, 6) is 3.61. The van der Waals surface area contributed by atoms with Crippen LogP contribution >= 0.6 is 0 Å². The molecular formula is C22H20F2O4. The lowest BCUT2D eigenvalue weighted by Gasteiger charge is -2.12. The van der Waals surface area contributed by atoms with Gasteiger partial charge in [0.05, 0.1) is 0 Å². The van der Waals surface area contributed by atoms with E-state index in [4.69, 9.17) is 14.6 Å². The van der Waals surface area contributed by atoms with Crippen LogP contribution in [0.1, 0.15) is 18.1 Å². The number of rotatable bonds is 8. The maximum absolute atomic E-state index is 13.0. The highest BCUT2D eigenvalue weighted by molar-refractivity contribution is 5.72. The molecule has 0 aromatic heterocycles. The van der Waals surface area contributed by atoms with Crippen molar-refractivity contribution in [2.45, 2.75) is 19.4 Å². The Labute approximate surface area is 162 Å². The number of ether oxygens (including phenoxy) is 2.